The first-order chi connectivity index (χ1) is 9.11. The van der Waals surface area contributed by atoms with Crippen molar-refractivity contribution in [2.24, 2.45) is 5.41 Å². The zero-order chi connectivity index (χ0) is 15.5. The van der Waals surface area contributed by atoms with Crippen molar-refractivity contribution in [1.82, 2.24) is 5.32 Å². The van der Waals surface area contributed by atoms with Gasteiger partial charge in [0.1, 0.15) is 0 Å². The molecule has 0 aliphatic carbocycles. The van der Waals surface area contributed by atoms with Crippen LogP contribution in [0.2, 0.25) is 0 Å². The molecule has 20 heavy (non-hydrogen) atoms. The predicted octanol–water partition coefficient (Wildman–Crippen LogP) is 3.83. The number of rotatable bonds is 4. The van der Waals surface area contributed by atoms with Gasteiger partial charge in [-0.2, -0.15) is 0 Å². The molecule has 110 valence electrons. The highest BCUT2D eigenvalue weighted by Crippen LogP contribution is 2.25. The molecule has 6 heteroatoms. The average molecular weight is 407 g/mol. The zero-order valence-corrected chi connectivity index (χ0v) is 14.7. The molecule has 0 aliphatic heterocycles. The topological polar surface area (TPSA) is 66.4 Å². The number of nitrogens with one attached hydrogen (secondary N) is 1. The Bertz CT molecular complexity index is 524. The summed E-state index contributed by atoms with van der Waals surface area (Å²) in [5.74, 6) is -1.22. The first-order valence-corrected chi connectivity index (χ1v) is 7.67. The second-order valence-corrected chi connectivity index (χ2v) is 7.38. The second kappa shape index (κ2) is 6.72. The second-order valence-electron chi connectivity index (χ2n) is 5.61. The van der Waals surface area contributed by atoms with E-state index in [-0.39, 0.29) is 17.7 Å². The van der Waals surface area contributed by atoms with Gasteiger partial charge in [-0.05, 0) is 39.5 Å². The molecular weight excluding hydrogens is 390 g/mol. The van der Waals surface area contributed by atoms with E-state index in [1.54, 1.807) is 12.1 Å². The summed E-state index contributed by atoms with van der Waals surface area (Å²) >= 11 is 6.64. The molecule has 1 rings (SSSR count). The summed E-state index contributed by atoms with van der Waals surface area (Å²) in [7, 11) is 0. The number of carbonyl (C=O) groups excluding carboxylic acids is 1. The van der Waals surface area contributed by atoms with Crippen LogP contribution in [0.4, 0.5) is 0 Å². The minimum Gasteiger partial charge on any atom is -0.481 e. The van der Waals surface area contributed by atoms with Crippen LogP contribution >= 0.6 is 31.9 Å². The molecule has 1 aromatic rings. The van der Waals surface area contributed by atoms with Crippen molar-refractivity contribution in [3.63, 3.8) is 0 Å². The Labute approximate surface area is 135 Å². The third-order valence-corrected chi connectivity index (χ3v) is 4.09. The van der Waals surface area contributed by atoms with Crippen LogP contribution in [0.3, 0.4) is 0 Å². The summed E-state index contributed by atoms with van der Waals surface area (Å²) in [5.41, 5.74) is 0.131. The molecule has 0 radical (unpaired) electrons. The number of hydrogen-bond donors (Lipinski definition) is 2. The summed E-state index contributed by atoms with van der Waals surface area (Å²) < 4.78 is 1.46. The van der Waals surface area contributed by atoms with Gasteiger partial charge in [-0.15, -0.1) is 0 Å². The van der Waals surface area contributed by atoms with Crippen LogP contribution < -0.4 is 5.32 Å². The van der Waals surface area contributed by atoms with Crippen LogP contribution in [-0.2, 0) is 4.79 Å². The maximum absolute atomic E-state index is 12.3. The zero-order valence-electron chi connectivity index (χ0n) is 11.5. The number of aliphatic carboxylic acids is 1. The van der Waals surface area contributed by atoms with Gasteiger partial charge in [-0.3, -0.25) is 9.59 Å². The normalized spacial score (nSPS) is 12.8. The van der Waals surface area contributed by atoms with E-state index in [1.165, 1.54) is 0 Å². The molecule has 2 N–H and O–H groups in total. The maximum Gasteiger partial charge on any atom is 0.305 e. The molecule has 1 aromatic carbocycles. The minimum absolute atomic E-state index is 0.110. The first-order valence-electron chi connectivity index (χ1n) is 6.09. The molecule has 0 heterocycles. The molecule has 0 aliphatic rings. The van der Waals surface area contributed by atoms with Gasteiger partial charge >= 0.3 is 5.97 Å². The van der Waals surface area contributed by atoms with Gasteiger partial charge in [-0.1, -0.05) is 36.7 Å². The molecule has 1 unspecified atom stereocenters. The fourth-order valence-electron chi connectivity index (χ4n) is 1.66. The average Bonchev–Trinajstić information content (AvgIpc) is 2.29. The third kappa shape index (κ3) is 4.90. The highest BCUT2D eigenvalue weighted by molar-refractivity contribution is 9.11. The molecule has 0 aromatic heterocycles. The standard InChI is InChI=1S/C14H17Br2NO3/c1-14(2,3)11(7-12(18)19)17-13(20)9-6-8(15)4-5-10(9)16/h4-6,11H,7H2,1-3H3,(H,17,20)(H,18,19). The Hall–Kier alpha value is -0.880. The molecule has 0 saturated carbocycles. The van der Waals surface area contributed by atoms with E-state index in [9.17, 15) is 9.59 Å². The highest BCUT2D eigenvalue weighted by Gasteiger charge is 2.29. The summed E-state index contributed by atoms with van der Waals surface area (Å²) in [6.07, 6.45) is -0.110. The maximum atomic E-state index is 12.3. The molecule has 0 spiro atoms. The molecule has 0 bridgehead atoms. The van der Waals surface area contributed by atoms with Crippen LogP contribution in [0.25, 0.3) is 0 Å². The molecular formula is C14H17Br2NO3. The van der Waals surface area contributed by atoms with Gasteiger partial charge in [0.2, 0.25) is 0 Å². The molecule has 4 nitrogen and oxygen atoms in total. The minimum atomic E-state index is -0.932. The fourth-order valence-corrected chi connectivity index (χ4v) is 2.44. The van der Waals surface area contributed by atoms with Crippen molar-refractivity contribution >= 4 is 43.7 Å². The van der Waals surface area contributed by atoms with Crippen LogP contribution in [0.15, 0.2) is 27.1 Å². The quantitative estimate of drug-likeness (QED) is 0.798. The van der Waals surface area contributed by atoms with Gasteiger partial charge in [0, 0.05) is 15.0 Å². The van der Waals surface area contributed by atoms with E-state index in [0.29, 0.717) is 10.0 Å². The third-order valence-electron chi connectivity index (χ3n) is 2.90. The SMILES string of the molecule is CC(C)(C)C(CC(=O)O)NC(=O)c1cc(Br)ccc1Br. The number of carbonyl (C=O) groups is 2. The van der Waals surface area contributed by atoms with Gasteiger partial charge in [0.15, 0.2) is 0 Å². The number of halogens is 2. The van der Waals surface area contributed by atoms with Gasteiger partial charge in [0.25, 0.3) is 5.91 Å². The van der Waals surface area contributed by atoms with E-state index in [1.807, 2.05) is 26.8 Å². The Morgan fingerprint density at radius 2 is 1.90 bits per heavy atom. The number of hydrogen-bond acceptors (Lipinski definition) is 2. The van der Waals surface area contributed by atoms with Gasteiger partial charge in [0.05, 0.1) is 12.0 Å². The van der Waals surface area contributed by atoms with Crippen LogP contribution in [0, 0.1) is 5.41 Å². The van der Waals surface area contributed by atoms with E-state index in [2.05, 4.69) is 37.2 Å². The Balaban J connectivity index is 2.96. The van der Waals surface area contributed by atoms with Crippen LogP contribution in [-0.4, -0.2) is 23.0 Å². The number of carboxylic acid groups (broad SMARTS) is 1. The lowest BCUT2D eigenvalue weighted by Gasteiger charge is -2.30. The fraction of sp³-hybridized carbons (Fsp3) is 0.429. The number of amides is 1. The number of carboxylic acids is 1. The lowest BCUT2D eigenvalue weighted by Crippen LogP contribution is -2.45. The number of benzene rings is 1. The highest BCUT2D eigenvalue weighted by atomic mass is 79.9. The van der Waals surface area contributed by atoms with Crippen molar-refractivity contribution < 1.29 is 14.7 Å². The predicted molar refractivity (Wildman–Crippen MR) is 84.8 cm³/mol. The lowest BCUT2D eigenvalue weighted by molar-refractivity contribution is -0.138. The van der Waals surface area contributed by atoms with E-state index in [4.69, 9.17) is 5.11 Å². The Morgan fingerprint density at radius 3 is 2.40 bits per heavy atom. The smallest absolute Gasteiger partial charge is 0.305 e. The van der Waals surface area contributed by atoms with Gasteiger partial charge in [-0.25, -0.2) is 0 Å². The summed E-state index contributed by atoms with van der Waals surface area (Å²) in [6, 6.07) is 4.83. The van der Waals surface area contributed by atoms with E-state index < -0.39 is 12.0 Å². The Kier molecular flexibility index (Phi) is 5.77. The largest absolute Gasteiger partial charge is 0.481 e. The molecule has 1 amide bonds. The van der Waals surface area contributed by atoms with Crippen molar-refractivity contribution in [3.05, 3.63) is 32.7 Å². The van der Waals surface area contributed by atoms with E-state index >= 15 is 0 Å². The first kappa shape index (κ1) is 17.2. The monoisotopic (exact) mass is 405 g/mol. The van der Waals surface area contributed by atoms with Crippen LogP contribution in [0.5, 0.6) is 0 Å². The lowest BCUT2D eigenvalue weighted by atomic mass is 9.84. The van der Waals surface area contributed by atoms with E-state index in [0.717, 1.165) is 4.47 Å². The van der Waals surface area contributed by atoms with Crippen molar-refractivity contribution in [3.8, 4) is 0 Å². The molecule has 0 saturated heterocycles. The van der Waals surface area contributed by atoms with Crippen LogP contribution in [0.1, 0.15) is 37.6 Å². The van der Waals surface area contributed by atoms with Crippen molar-refractivity contribution in [1.29, 1.82) is 0 Å². The molecule has 0 fully saturated rings. The summed E-state index contributed by atoms with van der Waals surface area (Å²) in [5, 5.41) is 11.8. The summed E-state index contributed by atoms with van der Waals surface area (Å²) in [6.45, 7) is 5.70. The van der Waals surface area contributed by atoms with Crippen molar-refractivity contribution in [2.75, 3.05) is 0 Å². The summed E-state index contributed by atoms with van der Waals surface area (Å²) in [4.78, 5) is 23.2. The Morgan fingerprint density at radius 1 is 1.30 bits per heavy atom. The molecule has 1 atom stereocenters. The van der Waals surface area contributed by atoms with Gasteiger partial charge < -0.3 is 10.4 Å². The van der Waals surface area contributed by atoms with Crippen molar-refractivity contribution in [2.45, 2.75) is 33.2 Å².